The van der Waals surface area contributed by atoms with Gasteiger partial charge in [0.05, 0.1) is 0 Å². The minimum absolute atomic E-state index is 0.242. The van der Waals surface area contributed by atoms with Gasteiger partial charge < -0.3 is 5.32 Å². The highest BCUT2D eigenvalue weighted by Gasteiger charge is 2.04. The van der Waals surface area contributed by atoms with E-state index >= 15 is 0 Å². The van der Waals surface area contributed by atoms with Crippen LogP contribution in [0.3, 0.4) is 0 Å². The third-order valence-corrected chi connectivity index (χ3v) is 3.49. The van der Waals surface area contributed by atoms with Gasteiger partial charge in [0.25, 0.3) is 0 Å². The molecule has 0 saturated carbocycles. The van der Waals surface area contributed by atoms with E-state index in [0.29, 0.717) is 6.54 Å². The molecule has 1 aromatic heterocycles. The zero-order valence-electron chi connectivity index (χ0n) is 10.9. The molecule has 100 valence electrons. The number of rotatable bonds is 4. The van der Waals surface area contributed by atoms with Crippen LogP contribution in [-0.2, 0) is 13.0 Å². The SMILES string of the molecule is CCc1cc(NCc2cc(F)ccc2Br)nc(C)n1. The van der Waals surface area contributed by atoms with Crippen LogP contribution in [0.2, 0.25) is 0 Å². The molecule has 2 rings (SSSR count). The van der Waals surface area contributed by atoms with Crippen molar-refractivity contribution in [2.75, 3.05) is 5.32 Å². The Balaban J connectivity index is 2.14. The number of nitrogens with zero attached hydrogens (tertiary/aromatic N) is 2. The first kappa shape index (κ1) is 13.9. The first-order valence-corrected chi connectivity index (χ1v) is 6.90. The van der Waals surface area contributed by atoms with E-state index in [2.05, 4.69) is 38.1 Å². The maximum atomic E-state index is 13.2. The standard InChI is InChI=1S/C14H15BrFN3/c1-3-12-7-14(19-9(2)18-12)17-8-10-6-11(16)4-5-13(10)15/h4-7H,3,8H2,1-2H3,(H,17,18,19). The van der Waals surface area contributed by atoms with E-state index in [1.165, 1.54) is 12.1 Å². The van der Waals surface area contributed by atoms with Gasteiger partial charge in [-0.05, 0) is 37.1 Å². The third-order valence-electron chi connectivity index (χ3n) is 2.72. The molecule has 2 aromatic rings. The van der Waals surface area contributed by atoms with Crippen LogP contribution in [0.15, 0.2) is 28.7 Å². The molecule has 0 spiro atoms. The second-order valence-corrected chi connectivity index (χ2v) is 5.09. The summed E-state index contributed by atoms with van der Waals surface area (Å²) in [5, 5.41) is 3.20. The van der Waals surface area contributed by atoms with Gasteiger partial charge in [-0.15, -0.1) is 0 Å². The first-order chi connectivity index (χ1) is 9.08. The molecule has 19 heavy (non-hydrogen) atoms. The van der Waals surface area contributed by atoms with Gasteiger partial charge >= 0.3 is 0 Å². The van der Waals surface area contributed by atoms with Gasteiger partial charge in [-0.25, -0.2) is 14.4 Å². The summed E-state index contributed by atoms with van der Waals surface area (Å²) in [5.74, 6) is 1.26. The summed E-state index contributed by atoms with van der Waals surface area (Å²) in [5.41, 5.74) is 1.85. The molecule has 1 N–H and O–H groups in total. The van der Waals surface area contributed by atoms with Gasteiger partial charge in [0.15, 0.2) is 0 Å². The molecular formula is C14H15BrFN3. The van der Waals surface area contributed by atoms with Crippen molar-refractivity contribution >= 4 is 21.7 Å². The number of aryl methyl sites for hydroxylation is 2. The Hall–Kier alpha value is -1.49. The van der Waals surface area contributed by atoms with Gasteiger partial charge in [-0.1, -0.05) is 22.9 Å². The fourth-order valence-electron chi connectivity index (χ4n) is 1.77. The van der Waals surface area contributed by atoms with Gasteiger partial charge in [0.1, 0.15) is 17.5 Å². The van der Waals surface area contributed by atoms with Crippen molar-refractivity contribution in [1.82, 2.24) is 9.97 Å². The average Bonchev–Trinajstić information content (AvgIpc) is 2.39. The number of benzene rings is 1. The molecule has 0 saturated heterocycles. The number of aromatic nitrogens is 2. The van der Waals surface area contributed by atoms with E-state index in [9.17, 15) is 4.39 Å². The van der Waals surface area contributed by atoms with Crippen molar-refractivity contribution in [3.63, 3.8) is 0 Å². The predicted octanol–water partition coefficient (Wildman–Crippen LogP) is 3.86. The van der Waals surface area contributed by atoms with E-state index in [0.717, 1.165) is 33.8 Å². The smallest absolute Gasteiger partial charge is 0.130 e. The van der Waals surface area contributed by atoms with E-state index < -0.39 is 0 Å². The summed E-state index contributed by atoms with van der Waals surface area (Å²) in [6, 6.07) is 6.55. The topological polar surface area (TPSA) is 37.8 Å². The minimum atomic E-state index is -0.242. The molecule has 0 unspecified atom stereocenters. The molecule has 0 aliphatic carbocycles. The van der Waals surface area contributed by atoms with Crippen molar-refractivity contribution in [1.29, 1.82) is 0 Å². The zero-order valence-corrected chi connectivity index (χ0v) is 12.5. The molecule has 5 heteroatoms. The van der Waals surface area contributed by atoms with Gasteiger partial charge in [0.2, 0.25) is 0 Å². The van der Waals surface area contributed by atoms with E-state index in [1.54, 1.807) is 6.07 Å². The van der Waals surface area contributed by atoms with E-state index in [-0.39, 0.29) is 5.82 Å². The Morgan fingerprint density at radius 1 is 1.26 bits per heavy atom. The normalized spacial score (nSPS) is 10.5. The number of anilines is 1. The summed E-state index contributed by atoms with van der Waals surface area (Å²) in [6.07, 6.45) is 0.863. The molecule has 0 atom stereocenters. The summed E-state index contributed by atoms with van der Waals surface area (Å²) >= 11 is 3.41. The molecule has 1 heterocycles. The maximum absolute atomic E-state index is 13.2. The fourth-order valence-corrected chi connectivity index (χ4v) is 2.15. The van der Waals surface area contributed by atoms with Gasteiger partial charge in [-0.2, -0.15) is 0 Å². The monoisotopic (exact) mass is 323 g/mol. The van der Waals surface area contributed by atoms with Crippen molar-refractivity contribution < 1.29 is 4.39 Å². The molecule has 3 nitrogen and oxygen atoms in total. The summed E-state index contributed by atoms with van der Waals surface area (Å²) in [7, 11) is 0. The molecule has 0 amide bonds. The van der Waals surface area contributed by atoms with Crippen LogP contribution in [-0.4, -0.2) is 9.97 Å². The molecule has 0 aliphatic rings. The molecular weight excluding hydrogens is 309 g/mol. The average molecular weight is 324 g/mol. The highest BCUT2D eigenvalue weighted by Crippen LogP contribution is 2.19. The van der Waals surface area contributed by atoms with Crippen molar-refractivity contribution in [2.24, 2.45) is 0 Å². The Bertz CT molecular complexity index is 587. The Kier molecular flexibility index (Phi) is 4.47. The van der Waals surface area contributed by atoms with Crippen LogP contribution in [0.5, 0.6) is 0 Å². The van der Waals surface area contributed by atoms with Crippen molar-refractivity contribution in [2.45, 2.75) is 26.8 Å². The largest absolute Gasteiger partial charge is 0.366 e. The lowest BCUT2D eigenvalue weighted by Crippen LogP contribution is -2.05. The van der Waals surface area contributed by atoms with Crippen LogP contribution in [0.25, 0.3) is 0 Å². The predicted molar refractivity (Wildman–Crippen MR) is 77.6 cm³/mol. The molecule has 1 aromatic carbocycles. The fraction of sp³-hybridized carbons (Fsp3) is 0.286. The molecule has 0 fully saturated rings. The van der Waals surface area contributed by atoms with Crippen LogP contribution < -0.4 is 5.32 Å². The van der Waals surface area contributed by atoms with E-state index in [1.807, 2.05) is 13.0 Å². The summed E-state index contributed by atoms with van der Waals surface area (Å²) in [4.78, 5) is 8.64. The molecule has 0 bridgehead atoms. The Labute approximate surface area is 120 Å². The maximum Gasteiger partial charge on any atom is 0.130 e. The number of hydrogen-bond donors (Lipinski definition) is 1. The zero-order chi connectivity index (χ0) is 13.8. The number of halogens is 2. The first-order valence-electron chi connectivity index (χ1n) is 6.11. The van der Waals surface area contributed by atoms with Crippen molar-refractivity contribution in [3.8, 4) is 0 Å². The van der Waals surface area contributed by atoms with Gasteiger partial charge in [-0.3, -0.25) is 0 Å². The van der Waals surface area contributed by atoms with Crippen LogP contribution >= 0.6 is 15.9 Å². The lowest BCUT2D eigenvalue weighted by molar-refractivity contribution is 0.625. The highest BCUT2D eigenvalue weighted by atomic mass is 79.9. The second-order valence-electron chi connectivity index (χ2n) is 4.23. The second kappa shape index (κ2) is 6.10. The van der Waals surface area contributed by atoms with Crippen LogP contribution in [0.4, 0.5) is 10.2 Å². The molecule has 0 aliphatic heterocycles. The highest BCUT2D eigenvalue weighted by molar-refractivity contribution is 9.10. The number of hydrogen-bond acceptors (Lipinski definition) is 3. The Morgan fingerprint density at radius 2 is 2.05 bits per heavy atom. The summed E-state index contributed by atoms with van der Waals surface area (Å²) < 4.78 is 14.1. The van der Waals surface area contributed by atoms with Crippen molar-refractivity contribution in [3.05, 3.63) is 51.6 Å². The Morgan fingerprint density at radius 3 is 2.79 bits per heavy atom. The van der Waals surface area contributed by atoms with Gasteiger partial charge in [0, 0.05) is 22.8 Å². The van der Waals surface area contributed by atoms with Crippen LogP contribution in [0.1, 0.15) is 24.0 Å². The quantitative estimate of drug-likeness (QED) is 0.928. The lowest BCUT2D eigenvalue weighted by Gasteiger charge is -2.09. The third kappa shape index (κ3) is 3.73. The summed E-state index contributed by atoms with van der Waals surface area (Å²) in [6.45, 7) is 4.43. The minimum Gasteiger partial charge on any atom is -0.366 e. The number of nitrogens with one attached hydrogen (secondary N) is 1. The van der Waals surface area contributed by atoms with E-state index in [4.69, 9.17) is 0 Å². The lowest BCUT2D eigenvalue weighted by atomic mass is 10.2. The van der Waals surface area contributed by atoms with Crippen LogP contribution in [0, 0.1) is 12.7 Å². The molecule has 0 radical (unpaired) electrons.